The van der Waals surface area contributed by atoms with Gasteiger partial charge in [0.1, 0.15) is 11.5 Å². The molecule has 4 rings (SSSR count). The van der Waals surface area contributed by atoms with Gasteiger partial charge >= 0.3 is 0 Å². The first kappa shape index (κ1) is 17.8. The van der Waals surface area contributed by atoms with Crippen LogP contribution in [-0.2, 0) is 5.41 Å². The smallest absolute Gasteiger partial charge is 0.278 e. The molecule has 0 N–H and O–H groups in total. The minimum atomic E-state index is -0.221. The Balaban J connectivity index is 1.64. The van der Waals surface area contributed by atoms with E-state index in [1.165, 1.54) is 12.8 Å². The maximum atomic E-state index is 6.35. The maximum absolute atomic E-state index is 6.35. The lowest BCUT2D eigenvalue weighted by Gasteiger charge is -2.20. The third kappa shape index (κ3) is 3.48. The highest BCUT2D eigenvalue weighted by Crippen LogP contribution is 2.55. The Morgan fingerprint density at radius 3 is 2.70 bits per heavy atom. The monoisotopic (exact) mass is 366 g/mol. The second-order valence-corrected chi connectivity index (χ2v) is 7.56. The Kier molecular flexibility index (Phi) is 4.72. The Hall–Kier alpha value is -2.63. The molecule has 0 spiro atoms. The van der Waals surface area contributed by atoms with Crippen molar-refractivity contribution >= 4 is 5.71 Å². The molecule has 2 aliphatic rings. The molecule has 27 heavy (non-hydrogen) atoms. The van der Waals surface area contributed by atoms with E-state index in [-0.39, 0.29) is 5.41 Å². The number of allylic oxidation sites excluding steroid dienone is 1. The van der Waals surface area contributed by atoms with Gasteiger partial charge < -0.3 is 14.3 Å². The number of para-hydroxylation sites is 1. The molecule has 0 radical (unpaired) electrons. The van der Waals surface area contributed by atoms with E-state index in [0.29, 0.717) is 23.5 Å². The summed E-state index contributed by atoms with van der Waals surface area (Å²) in [5, 5.41) is 10.3. The van der Waals surface area contributed by atoms with Crippen LogP contribution in [0.2, 0.25) is 0 Å². The maximum Gasteiger partial charge on any atom is 0.278 e. The summed E-state index contributed by atoms with van der Waals surface area (Å²) in [5.41, 5.74) is 1.51. The number of rotatable bonds is 7. The zero-order valence-corrected chi connectivity index (χ0v) is 16.0. The Labute approximate surface area is 159 Å². The summed E-state index contributed by atoms with van der Waals surface area (Å²) in [5.74, 6) is 2.06. The average molecular weight is 366 g/mol. The van der Waals surface area contributed by atoms with Gasteiger partial charge in [-0.15, -0.1) is 0 Å². The molecule has 142 valence electrons. The molecule has 2 saturated carbocycles. The van der Waals surface area contributed by atoms with Crippen LogP contribution in [0.3, 0.4) is 0 Å². The van der Waals surface area contributed by atoms with E-state index >= 15 is 0 Å². The van der Waals surface area contributed by atoms with Gasteiger partial charge in [0, 0.05) is 19.7 Å². The van der Waals surface area contributed by atoms with Crippen molar-refractivity contribution in [2.45, 2.75) is 50.0 Å². The van der Waals surface area contributed by atoms with E-state index in [4.69, 9.17) is 9.26 Å². The van der Waals surface area contributed by atoms with Crippen molar-refractivity contribution in [3.05, 3.63) is 54.2 Å². The average Bonchev–Trinajstić information content (AvgIpc) is 3.07. The van der Waals surface area contributed by atoms with Crippen LogP contribution in [0.5, 0.6) is 5.75 Å². The third-order valence-corrected chi connectivity index (χ3v) is 5.32. The lowest BCUT2D eigenvalue weighted by Crippen LogP contribution is -2.17. The van der Waals surface area contributed by atoms with Crippen molar-refractivity contribution in [3.8, 4) is 5.75 Å². The van der Waals surface area contributed by atoms with Gasteiger partial charge in [0.15, 0.2) is 5.82 Å². The van der Waals surface area contributed by atoms with Crippen LogP contribution < -0.4 is 4.74 Å². The highest BCUT2D eigenvalue weighted by atomic mass is 16.5. The fraction of sp³-hybridized carbons (Fsp3) is 0.476. The van der Waals surface area contributed by atoms with Gasteiger partial charge in [-0.05, 0) is 50.7 Å². The molecule has 1 aromatic heterocycles. The summed E-state index contributed by atoms with van der Waals surface area (Å²) < 4.78 is 11.9. The molecule has 0 saturated heterocycles. The summed E-state index contributed by atoms with van der Waals surface area (Å²) in [4.78, 5) is 4.66. The molecule has 2 aliphatic carbocycles. The number of hydrazone groups is 1. The normalized spacial score (nSPS) is 19.1. The summed E-state index contributed by atoms with van der Waals surface area (Å²) in [6.07, 6.45) is 8.71. The fourth-order valence-corrected chi connectivity index (χ4v) is 3.80. The highest BCUT2D eigenvalue weighted by Gasteiger charge is 2.52. The van der Waals surface area contributed by atoms with Gasteiger partial charge in [0.2, 0.25) is 0 Å². The first-order chi connectivity index (χ1) is 13.1. The summed E-state index contributed by atoms with van der Waals surface area (Å²) in [6, 6.07) is 8.29. The third-order valence-electron chi connectivity index (χ3n) is 5.32. The minimum Gasteiger partial charge on any atom is -0.490 e. The number of nitrogens with zero attached hydrogens (tertiary/aromatic N) is 4. The first-order valence-electron chi connectivity index (χ1n) is 9.61. The van der Waals surface area contributed by atoms with Crippen molar-refractivity contribution in [1.82, 2.24) is 15.1 Å². The first-order valence-corrected chi connectivity index (χ1v) is 9.61. The van der Waals surface area contributed by atoms with Crippen molar-refractivity contribution in [2.75, 3.05) is 14.1 Å². The van der Waals surface area contributed by atoms with E-state index in [1.54, 1.807) is 11.1 Å². The minimum absolute atomic E-state index is 0.221. The second kappa shape index (κ2) is 7.18. The molecule has 0 aliphatic heterocycles. The van der Waals surface area contributed by atoms with Crippen LogP contribution in [0.25, 0.3) is 0 Å². The van der Waals surface area contributed by atoms with Gasteiger partial charge in [-0.3, -0.25) is 0 Å². The molecule has 0 amide bonds. The Bertz CT molecular complexity index is 845. The SMILES string of the molecule is C=C/C(=N\N(C)C)c1nc(C2(c3ccccc3OC3CCCC3)CC2)no1. The van der Waals surface area contributed by atoms with Gasteiger partial charge in [0.05, 0.1) is 11.5 Å². The number of ether oxygens (including phenoxy) is 1. The molecule has 2 fully saturated rings. The summed E-state index contributed by atoms with van der Waals surface area (Å²) >= 11 is 0. The molecule has 0 bridgehead atoms. The van der Waals surface area contributed by atoms with Crippen LogP contribution in [0, 0.1) is 0 Å². The van der Waals surface area contributed by atoms with Crippen LogP contribution >= 0.6 is 0 Å². The zero-order valence-electron chi connectivity index (χ0n) is 16.0. The fourth-order valence-electron chi connectivity index (χ4n) is 3.80. The van der Waals surface area contributed by atoms with Crippen LogP contribution in [0.1, 0.15) is 55.8 Å². The second-order valence-electron chi connectivity index (χ2n) is 7.56. The number of benzene rings is 1. The Morgan fingerprint density at radius 1 is 1.30 bits per heavy atom. The topological polar surface area (TPSA) is 63.8 Å². The van der Waals surface area contributed by atoms with E-state index in [9.17, 15) is 0 Å². The van der Waals surface area contributed by atoms with Gasteiger partial charge in [0.25, 0.3) is 5.89 Å². The molecule has 1 heterocycles. The van der Waals surface area contributed by atoms with Gasteiger partial charge in [-0.25, -0.2) is 0 Å². The van der Waals surface area contributed by atoms with E-state index in [2.05, 4.69) is 40.0 Å². The molecular weight excluding hydrogens is 340 g/mol. The van der Waals surface area contributed by atoms with Crippen LogP contribution in [-0.4, -0.2) is 41.1 Å². The van der Waals surface area contributed by atoms with Crippen LogP contribution in [0.15, 0.2) is 46.5 Å². The summed E-state index contributed by atoms with van der Waals surface area (Å²) in [6.45, 7) is 3.80. The largest absolute Gasteiger partial charge is 0.490 e. The summed E-state index contributed by atoms with van der Waals surface area (Å²) in [7, 11) is 3.69. The van der Waals surface area contributed by atoms with Crippen molar-refractivity contribution in [1.29, 1.82) is 0 Å². The van der Waals surface area contributed by atoms with Crippen molar-refractivity contribution < 1.29 is 9.26 Å². The predicted octanol–water partition coefficient (Wildman–Crippen LogP) is 3.92. The van der Waals surface area contributed by atoms with E-state index in [0.717, 1.165) is 37.0 Å². The number of hydrogen-bond acceptors (Lipinski definition) is 6. The predicted molar refractivity (Wildman–Crippen MR) is 104 cm³/mol. The van der Waals surface area contributed by atoms with Crippen LogP contribution in [0.4, 0.5) is 0 Å². The standard InChI is InChI=1S/C21H26N4O2/c1-4-17(23-25(2)3)19-22-20(24-27-19)21(13-14-21)16-11-7-8-12-18(16)26-15-9-5-6-10-15/h4,7-8,11-12,15H,1,5-6,9-10,13-14H2,2-3H3/b23-17+. The molecule has 6 nitrogen and oxygen atoms in total. The quantitative estimate of drug-likeness (QED) is 0.549. The highest BCUT2D eigenvalue weighted by molar-refractivity contribution is 6.04. The zero-order chi connectivity index (χ0) is 18.9. The number of aromatic nitrogens is 2. The molecule has 0 unspecified atom stereocenters. The van der Waals surface area contributed by atoms with Crippen molar-refractivity contribution in [2.24, 2.45) is 5.10 Å². The molecule has 6 heteroatoms. The molecule has 1 aromatic carbocycles. The van der Waals surface area contributed by atoms with Gasteiger partial charge in [-0.1, -0.05) is 29.9 Å². The van der Waals surface area contributed by atoms with Crippen molar-refractivity contribution in [3.63, 3.8) is 0 Å². The van der Waals surface area contributed by atoms with Gasteiger partial charge in [-0.2, -0.15) is 10.1 Å². The Morgan fingerprint density at radius 2 is 2.04 bits per heavy atom. The molecule has 2 aromatic rings. The lowest BCUT2D eigenvalue weighted by molar-refractivity contribution is 0.207. The lowest BCUT2D eigenvalue weighted by atomic mass is 9.94. The number of hydrogen-bond donors (Lipinski definition) is 0. The molecular formula is C21H26N4O2. The molecule has 0 atom stereocenters. The van der Waals surface area contributed by atoms with E-state index < -0.39 is 0 Å². The van der Waals surface area contributed by atoms with E-state index in [1.807, 2.05) is 20.2 Å².